The van der Waals surface area contributed by atoms with E-state index in [2.05, 4.69) is 4.98 Å². The van der Waals surface area contributed by atoms with E-state index in [9.17, 15) is 8.42 Å². The minimum Gasteiger partial charge on any atom is -0.474 e. The first-order valence-corrected chi connectivity index (χ1v) is 7.41. The number of rotatable bonds is 4. The average molecular weight is 271 g/mol. The average Bonchev–Trinajstić information content (AvgIpc) is 2.76. The van der Waals surface area contributed by atoms with Crippen molar-refractivity contribution in [3.8, 4) is 5.88 Å². The molecule has 0 bridgehead atoms. The lowest BCUT2D eigenvalue weighted by atomic mass is 10.1. The van der Waals surface area contributed by atoms with Crippen molar-refractivity contribution in [2.45, 2.75) is 30.3 Å². The Morgan fingerprint density at radius 3 is 2.72 bits per heavy atom. The highest BCUT2D eigenvalue weighted by atomic mass is 32.2. The zero-order valence-corrected chi connectivity index (χ0v) is 10.8. The van der Waals surface area contributed by atoms with Crippen LogP contribution in [0.3, 0.4) is 0 Å². The van der Waals surface area contributed by atoms with Gasteiger partial charge in [0, 0.05) is 12.0 Å². The summed E-state index contributed by atoms with van der Waals surface area (Å²) in [6, 6.07) is 2.91. The Morgan fingerprint density at radius 2 is 2.17 bits per heavy atom. The summed E-state index contributed by atoms with van der Waals surface area (Å²) in [6.07, 6.45) is 4.40. The van der Waals surface area contributed by atoms with Gasteiger partial charge >= 0.3 is 0 Å². The highest BCUT2D eigenvalue weighted by molar-refractivity contribution is 7.89. The Morgan fingerprint density at radius 1 is 1.39 bits per heavy atom. The van der Waals surface area contributed by atoms with E-state index in [0.717, 1.165) is 19.3 Å². The molecule has 2 unspecified atom stereocenters. The van der Waals surface area contributed by atoms with Gasteiger partial charge in [0.25, 0.3) is 0 Å². The molecule has 0 aromatic carbocycles. The van der Waals surface area contributed by atoms with Crippen LogP contribution in [0.25, 0.3) is 0 Å². The predicted octanol–water partition coefficient (Wildman–Crippen LogP) is 0.235. The Kier molecular flexibility index (Phi) is 3.84. The summed E-state index contributed by atoms with van der Waals surface area (Å²) in [5, 5.41) is 4.99. The van der Waals surface area contributed by atoms with Gasteiger partial charge in [-0.15, -0.1) is 0 Å². The van der Waals surface area contributed by atoms with Crippen LogP contribution < -0.4 is 15.6 Å². The van der Waals surface area contributed by atoms with Gasteiger partial charge in [-0.1, -0.05) is 0 Å². The monoisotopic (exact) mass is 271 g/mol. The van der Waals surface area contributed by atoms with Gasteiger partial charge in [0.05, 0.1) is 6.20 Å². The van der Waals surface area contributed by atoms with Crippen molar-refractivity contribution in [1.29, 1.82) is 0 Å². The third kappa shape index (κ3) is 2.98. The molecule has 1 aliphatic rings. The quantitative estimate of drug-likeness (QED) is 0.815. The van der Waals surface area contributed by atoms with Gasteiger partial charge < -0.3 is 10.5 Å². The molecule has 0 aliphatic heterocycles. The molecule has 0 radical (unpaired) electrons. The van der Waals surface area contributed by atoms with E-state index in [1.807, 2.05) is 0 Å². The predicted molar refractivity (Wildman–Crippen MR) is 66.4 cm³/mol. The largest absolute Gasteiger partial charge is 0.474 e. The Balaban J connectivity index is 2.07. The maximum absolute atomic E-state index is 11.1. The second-order valence-corrected chi connectivity index (χ2v) is 6.02. The number of ether oxygens (including phenoxy) is 1. The molecule has 1 saturated carbocycles. The SMILES string of the molecule is NCC1CCCC1Oc1ccc(S(N)(=O)=O)cn1. The van der Waals surface area contributed by atoms with E-state index in [0.29, 0.717) is 18.3 Å². The second-order valence-electron chi connectivity index (χ2n) is 4.46. The van der Waals surface area contributed by atoms with Crippen molar-refractivity contribution in [2.75, 3.05) is 6.54 Å². The molecule has 6 nitrogen and oxygen atoms in total. The highest BCUT2D eigenvalue weighted by Crippen LogP contribution is 2.28. The summed E-state index contributed by atoms with van der Waals surface area (Å²) < 4.78 is 27.9. The van der Waals surface area contributed by atoms with Crippen LogP contribution in [-0.2, 0) is 10.0 Å². The molecule has 2 rings (SSSR count). The van der Waals surface area contributed by atoms with Gasteiger partial charge in [-0.25, -0.2) is 18.5 Å². The lowest BCUT2D eigenvalue weighted by molar-refractivity contribution is 0.155. The zero-order valence-electron chi connectivity index (χ0n) is 9.95. The molecule has 7 heteroatoms. The van der Waals surface area contributed by atoms with E-state index in [-0.39, 0.29) is 11.0 Å². The van der Waals surface area contributed by atoms with Crippen molar-refractivity contribution in [1.82, 2.24) is 4.98 Å². The third-order valence-corrected chi connectivity index (χ3v) is 4.10. The molecule has 2 atom stereocenters. The van der Waals surface area contributed by atoms with Crippen molar-refractivity contribution in [2.24, 2.45) is 16.8 Å². The van der Waals surface area contributed by atoms with E-state index in [1.165, 1.54) is 18.3 Å². The summed E-state index contributed by atoms with van der Waals surface area (Å²) in [7, 11) is -3.70. The number of pyridine rings is 1. The summed E-state index contributed by atoms with van der Waals surface area (Å²) in [5.74, 6) is 0.762. The molecule has 0 saturated heterocycles. The van der Waals surface area contributed by atoms with Crippen LogP contribution in [0.2, 0.25) is 0 Å². The number of hydrogen-bond acceptors (Lipinski definition) is 5. The fourth-order valence-electron chi connectivity index (χ4n) is 2.19. The highest BCUT2D eigenvalue weighted by Gasteiger charge is 2.28. The van der Waals surface area contributed by atoms with Crippen molar-refractivity contribution in [3.63, 3.8) is 0 Å². The molecule has 100 valence electrons. The molecule has 0 amide bonds. The van der Waals surface area contributed by atoms with Crippen molar-refractivity contribution < 1.29 is 13.2 Å². The molecule has 1 aliphatic carbocycles. The zero-order chi connectivity index (χ0) is 13.2. The summed E-state index contributed by atoms with van der Waals surface area (Å²) in [6.45, 7) is 0.597. The molecule has 4 N–H and O–H groups in total. The Labute approximate surface area is 106 Å². The smallest absolute Gasteiger partial charge is 0.239 e. The van der Waals surface area contributed by atoms with Crippen LogP contribution in [0.4, 0.5) is 0 Å². The van der Waals surface area contributed by atoms with E-state index in [1.54, 1.807) is 0 Å². The van der Waals surface area contributed by atoms with Crippen LogP contribution in [0.5, 0.6) is 5.88 Å². The van der Waals surface area contributed by atoms with Gasteiger partial charge in [0.2, 0.25) is 15.9 Å². The molecule has 1 aromatic rings. The number of nitrogens with zero attached hydrogens (tertiary/aromatic N) is 1. The van der Waals surface area contributed by atoms with Crippen molar-refractivity contribution in [3.05, 3.63) is 18.3 Å². The molecule has 0 spiro atoms. The Hall–Kier alpha value is -1.18. The van der Waals surface area contributed by atoms with E-state index in [4.69, 9.17) is 15.6 Å². The number of primary sulfonamides is 1. The molecule has 18 heavy (non-hydrogen) atoms. The topological polar surface area (TPSA) is 108 Å². The summed E-state index contributed by atoms with van der Waals surface area (Å²) in [4.78, 5) is 3.94. The van der Waals surface area contributed by atoms with Gasteiger partial charge in [-0.05, 0) is 31.9 Å². The number of hydrogen-bond donors (Lipinski definition) is 2. The van der Waals surface area contributed by atoms with Crippen LogP contribution >= 0.6 is 0 Å². The van der Waals surface area contributed by atoms with Crippen LogP contribution in [-0.4, -0.2) is 26.1 Å². The number of sulfonamides is 1. The van der Waals surface area contributed by atoms with Crippen molar-refractivity contribution >= 4 is 10.0 Å². The van der Waals surface area contributed by atoms with Crippen LogP contribution in [0.1, 0.15) is 19.3 Å². The fourth-order valence-corrected chi connectivity index (χ4v) is 2.64. The molecular formula is C11H17N3O3S. The first-order valence-electron chi connectivity index (χ1n) is 5.86. The molecular weight excluding hydrogens is 254 g/mol. The first kappa shape index (κ1) is 13.3. The Bertz CT molecular complexity index is 501. The van der Waals surface area contributed by atoms with E-state index >= 15 is 0 Å². The van der Waals surface area contributed by atoms with Gasteiger partial charge in [-0.3, -0.25) is 0 Å². The van der Waals surface area contributed by atoms with E-state index < -0.39 is 10.0 Å². The minimum absolute atomic E-state index is 0.0170. The maximum Gasteiger partial charge on any atom is 0.239 e. The third-order valence-electron chi connectivity index (χ3n) is 3.20. The lowest BCUT2D eigenvalue weighted by Gasteiger charge is -2.19. The summed E-state index contributed by atoms with van der Waals surface area (Å²) >= 11 is 0. The summed E-state index contributed by atoms with van der Waals surface area (Å²) in [5.41, 5.74) is 5.66. The minimum atomic E-state index is -3.70. The van der Waals surface area contributed by atoms with Gasteiger partial charge in [0.1, 0.15) is 11.0 Å². The fraction of sp³-hybridized carbons (Fsp3) is 0.545. The maximum atomic E-state index is 11.1. The standard InChI is InChI=1S/C11H17N3O3S/c12-6-8-2-1-3-10(8)17-11-5-4-9(7-14-11)18(13,15)16/h4-5,7-8,10H,1-3,6,12H2,(H2,13,15,16). The lowest BCUT2D eigenvalue weighted by Crippen LogP contribution is -2.27. The molecule has 1 fully saturated rings. The number of aromatic nitrogens is 1. The van der Waals surface area contributed by atoms with Crippen LogP contribution in [0, 0.1) is 5.92 Å². The van der Waals surface area contributed by atoms with Gasteiger partial charge in [-0.2, -0.15) is 0 Å². The van der Waals surface area contributed by atoms with Crippen LogP contribution in [0.15, 0.2) is 23.2 Å². The molecule has 1 heterocycles. The second kappa shape index (κ2) is 5.21. The van der Waals surface area contributed by atoms with Gasteiger partial charge in [0.15, 0.2) is 0 Å². The molecule has 1 aromatic heterocycles. The first-order chi connectivity index (χ1) is 8.50. The normalized spacial score (nSPS) is 24.1. The number of nitrogens with two attached hydrogens (primary N) is 2.